The van der Waals surface area contributed by atoms with E-state index in [-0.39, 0.29) is 11.9 Å². The number of hydrogen-bond acceptors (Lipinski definition) is 4. The molecule has 1 aliphatic rings. The van der Waals surface area contributed by atoms with Crippen LogP contribution in [0.4, 0.5) is 0 Å². The van der Waals surface area contributed by atoms with E-state index in [1.165, 1.54) is 16.8 Å². The molecule has 1 aliphatic heterocycles. The quantitative estimate of drug-likeness (QED) is 0.759. The lowest BCUT2D eigenvalue weighted by Crippen LogP contribution is -2.27. The first-order valence-corrected chi connectivity index (χ1v) is 10.00. The molecule has 6 nitrogen and oxygen atoms in total. The standard InChI is InChI=1S/C22H31N3O3/c1-15-5-6-18(13-16(15)2)17(3)23-22(26)8-7-20-19-14-28-11-9-21(19)25(24-20)10-12-27-4/h5-6,13,17H,7-12,14H2,1-4H3,(H,23,26). The normalized spacial score (nSPS) is 14.6. The zero-order valence-electron chi connectivity index (χ0n) is 17.4. The number of hydrogen-bond donors (Lipinski definition) is 1. The third-order valence-electron chi connectivity index (χ3n) is 5.48. The van der Waals surface area contributed by atoms with Gasteiger partial charge in [-0.25, -0.2) is 0 Å². The predicted octanol–water partition coefficient (Wildman–Crippen LogP) is 3.03. The first-order chi connectivity index (χ1) is 13.5. The highest BCUT2D eigenvalue weighted by molar-refractivity contribution is 5.76. The summed E-state index contributed by atoms with van der Waals surface area (Å²) in [6.45, 7) is 8.88. The largest absolute Gasteiger partial charge is 0.383 e. The highest BCUT2D eigenvalue weighted by atomic mass is 16.5. The number of rotatable bonds is 8. The van der Waals surface area contributed by atoms with Crippen LogP contribution in [0.1, 0.15) is 53.0 Å². The third-order valence-corrected chi connectivity index (χ3v) is 5.48. The molecule has 1 amide bonds. The van der Waals surface area contributed by atoms with Crippen molar-refractivity contribution >= 4 is 5.91 Å². The van der Waals surface area contributed by atoms with Gasteiger partial charge in [0.1, 0.15) is 0 Å². The van der Waals surface area contributed by atoms with Crippen LogP contribution in [0.25, 0.3) is 0 Å². The average Bonchev–Trinajstić information content (AvgIpc) is 3.04. The summed E-state index contributed by atoms with van der Waals surface area (Å²) in [5.74, 6) is 0.0441. The van der Waals surface area contributed by atoms with Crippen LogP contribution < -0.4 is 5.32 Å². The molecule has 1 aromatic heterocycles. The van der Waals surface area contributed by atoms with Gasteiger partial charge in [-0.05, 0) is 37.5 Å². The Hall–Kier alpha value is -2.18. The van der Waals surface area contributed by atoms with Crippen molar-refractivity contribution in [3.8, 4) is 0 Å². The van der Waals surface area contributed by atoms with E-state index in [0.717, 1.165) is 36.4 Å². The molecule has 0 aliphatic carbocycles. The van der Waals surface area contributed by atoms with Crippen LogP contribution in [0.5, 0.6) is 0 Å². The number of methoxy groups -OCH3 is 1. The molecule has 2 heterocycles. The van der Waals surface area contributed by atoms with Crippen LogP contribution in [0.15, 0.2) is 18.2 Å². The van der Waals surface area contributed by atoms with Crippen molar-refractivity contribution in [2.24, 2.45) is 0 Å². The Bertz CT molecular complexity index is 829. The zero-order valence-corrected chi connectivity index (χ0v) is 17.4. The monoisotopic (exact) mass is 385 g/mol. The topological polar surface area (TPSA) is 65.4 Å². The number of aromatic nitrogens is 2. The first-order valence-electron chi connectivity index (χ1n) is 10.00. The maximum Gasteiger partial charge on any atom is 0.220 e. The van der Waals surface area contributed by atoms with Gasteiger partial charge >= 0.3 is 0 Å². The second kappa shape index (κ2) is 9.34. The molecule has 1 N–H and O–H groups in total. The number of fused-ring (bicyclic) bond motifs is 1. The third kappa shape index (κ3) is 4.80. The van der Waals surface area contributed by atoms with E-state index in [1.807, 2.05) is 11.6 Å². The van der Waals surface area contributed by atoms with Crippen LogP contribution in [0, 0.1) is 13.8 Å². The lowest BCUT2D eigenvalue weighted by atomic mass is 10.0. The van der Waals surface area contributed by atoms with Gasteiger partial charge in [0.15, 0.2) is 0 Å². The molecule has 0 spiro atoms. The number of carbonyl (C=O) groups is 1. The van der Waals surface area contributed by atoms with Gasteiger partial charge in [0.2, 0.25) is 5.91 Å². The Labute approximate surface area is 167 Å². The molecule has 6 heteroatoms. The average molecular weight is 386 g/mol. The Kier molecular flexibility index (Phi) is 6.86. The molecule has 1 atom stereocenters. The summed E-state index contributed by atoms with van der Waals surface area (Å²) in [5.41, 5.74) is 6.98. The lowest BCUT2D eigenvalue weighted by Gasteiger charge is -2.16. The summed E-state index contributed by atoms with van der Waals surface area (Å²) in [5, 5.41) is 7.85. The molecule has 0 saturated carbocycles. The molecule has 0 bridgehead atoms. The maximum absolute atomic E-state index is 12.5. The minimum absolute atomic E-state index is 0.0108. The fraction of sp³-hybridized carbons (Fsp3) is 0.545. The van der Waals surface area contributed by atoms with E-state index in [0.29, 0.717) is 26.1 Å². The van der Waals surface area contributed by atoms with Crippen molar-refractivity contribution in [3.63, 3.8) is 0 Å². The van der Waals surface area contributed by atoms with Gasteiger partial charge in [0, 0.05) is 37.6 Å². The van der Waals surface area contributed by atoms with E-state index in [2.05, 4.69) is 37.4 Å². The van der Waals surface area contributed by atoms with Crippen molar-refractivity contribution in [3.05, 3.63) is 51.8 Å². The summed E-state index contributed by atoms with van der Waals surface area (Å²) >= 11 is 0. The van der Waals surface area contributed by atoms with Gasteiger partial charge in [-0.1, -0.05) is 18.2 Å². The second-order valence-corrected chi connectivity index (χ2v) is 7.52. The van der Waals surface area contributed by atoms with E-state index >= 15 is 0 Å². The van der Waals surface area contributed by atoms with Crippen molar-refractivity contribution in [1.29, 1.82) is 0 Å². The van der Waals surface area contributed by atoms with E-state index in [4.69, 9.17) is 14.6 Å². The Balaban J connectivity index is 1.61. The number of amides is 1. The molecule has 1 unspecified atom stereocenters. The van der Waals surface area contributed by atoms with Gasteiger partial charge < -0.3 is 14.8 Å². The second-order valence-electron chi connectivity index (χ2n) is 7.52. The van der Waals surface area contributed by atoms with E-state index < -0.39 is 0 Å². The van der Waals surface area contributed by atoms with Crippen molar-refractivity contribution < 1.29 is 14.3 Å². The molecule has 152 valence electrons. The summed E-state index contributed by atoms with van der Waals surface area (Å²) < 4.78 is 12.8. The number of nitrogens with one attached hydrogen (secondary N) is 1. The van der Waals surface area contributed by atoms with Gasteiger partial charge in [-0.2, -0.15) is 5.10 Å². The molecule has 1 aromatic carbocycles. The van der Waals surface area contributed by atoms with Crippen molar-refractivity contribution in [2.75, 3.05) is 20.3 Å². The van der Waals surface area contributed by atoms with E-state index in [1.54, 1.807) is 7.11 Å². The predicted molar refractivity (Wildman–Crippen MR) is 108 cm³/mol. The zero-order chi connectivity index (χ0) is 20.1. The maximum atomic E-state index is 12.5. The van der Waals surface area contributed by atoms with Crippen LogP contribution in [-0.4, -0.2) is 36.0 Å². The summed E-state index contributed by atoms with van der Waals surface area (Å²) in [6, 6.07) is 6.32. The summed E-state index contributed by atoms with van der Waals surface area (Å²) in [7, 11) is 1.70. The fourth-order valence-electron chi connectivity index (χ4n) is 3.60. The Morgan fingerprint density at radius 3 is 2.93 bits per heavy atom. The molecule has 28 heavy (non-hydrogen) atoms. The Morgan fingerprint density at radius 2 is 2.18 bits per heavy atom. The molecule has 0 fully saturated rings. The highest BCUT2D eigenvalue weighted by Crippen LogP contribution is 2.22. The number of carbonyl (C=O) groups excluding carboxylic acids is 1. The van der Waals surface area contributed by atoms with Crippen LogP contribution in [0.3, 0.4) is 0 Å². The summed E-state index contributed by atoms with van der Waals surface area (Å²) in [6.07, 6.45) is 1.90. The molecule has 0 saturated heterocycles. The summed E-state index contributed by atoms with van der Waals surface area (Å²) in [4.78, 5) is 12.5. The van der Waals surface area contributed by atoms with Crippen LogP contribution >= 0.6 is 0 Å². The van der Waals surface area contributed by atoms with Crippen LogP contribution in [0.2, 0.25) is 0 Å². The van der Waals surface area contributed by atoms with Crippen molar-refractivity contribution in [2.45, 2.75) is 59.2 Å². The molecular weight excluding hydrogens is 354 g/mol. The van der Waals surface area contributed by atoms with E-state index in [9.17, 15) is 4.79 Å². The minimum atomic E-state index is -0.0108. The molecular formula is C22H31N3O3. The van der Waals surface area contributed by atoms with Gasteiger partial charge in [0.05, 0.1) is 38.1 Å². The Morgan fingerprint density at radius 1 is 1.36 bits per heavy atom. The SMILES string of the molecule is COCCn1nc(CCC(=O)NC(C)c2ccc(C)c(C)c2)c2c1CCOC2. The number of ether oxygens (including phenoxy) is 2. The van der Waals surface area contributed by atoms with Crippen LogP contribution in [-0.2, 0) is 40.3 Å². The lowest BCUT2D eigenvalue weighted by molar-refractivity contribution is -0.121. The molecule has 3 rings (SSSR count). The number of benzene rings is 1. The number of aryl methyl sites for hydroxylation is 3. The highest BCUT2D eigenvalue weighted by Gasteiger charge is 2.21. The smallest absolute Gasteiger partial charge is 0.220 e. The first kappa shape index (κ1) is 20.6. The van der Waals surface area contributed by atoms with Gasteiger partial charge in [-0.15, -0.1) is 0 Å². The molecule has 0 radical (unpaired) electrons. The minimum Gasteiger partial charge on any atom is -0.383 e. The molecule has 2 aromatic rings. The van der Waals surface area contributed by atoms with Gasteiger partial charge in [0.25, 0.3) is 0 Å². The fourth-order valence-corrected chi connectivity index (χ4v) is 3.60. The van der Waals surface area contributed by atoms with Crippen molar-refractivity contribution in [1.82, 2.24) is 15.1 Å². The van der Waals surface area contributed by atoms with Gasteiger partial charge in [-0.3, -0.25) is 9.48 Å². The number of nitrogens with zero attached hydrogens (tertiary/aromatic N) is 2.